The van der Waals surface area contributed by atoms with Crippen molar-refractivity contribution >= 4 is 17.3 Å². The van der Waals surface area contributed by atoms with Gasteiger partial charge in [-0.2, -0.15) is 0 Å². The van der Waals surface area contributed by atoms with Crippen LogP contribution in [0.25, 0.3) is 0 Å². The monoisotopic (exact) mass is 291 g/mol. The van der Waals surface area contributed by atoms with Crippen LogP contribution in [0.1, 0.15) is 5.56 Å². The van der Waals surface area contributed by atoms with Crippen molar-refractivity contribution in [3.05, 3.63) is 53.1 Å². The number of nitrogens with one attached hydrogen (secondary N) is 1. The highest BCUT2D eigenvalue weighted by Gasteiger charge is 2.00. The minimum absolute atomic E-state index is 0.583. The maximum atomic E-state index is 5.91. The molecule has 0 aliphatic carbocycles. The molecular formula is C16H18ClNO2. The van der Waals surface area contributed by atoms with Gasteiger partial charge < -0.3 is 14.8 Å². The molecule has 0 fully saturated rings. The summed E-state index contributed by atoms with van der Waals surface area (Å²) < 4.78 is 10.9. The van der Waals surface area contributed by atoms with Crippen molar-refractivity contribution in [2.75, 3.05) is 25.6 Å². The average Bonchev–Trinajstić information content (AvgIpc) is 2.45. The van der Waals surface area contributed by atoms with Crippen LogP contribution in [0, 0.1) is 6.92 Å². The summed E-state index contributed by atoms with van der Waals surface area (Å²) in [6, 6.07) is 13.4. The molecule has 0 bridgehead atoms. The zero-order chi connectivity index (χ0) is 14.4. The minimum atomic E-state index is 0.583. The Morgan fingerprint density at radius 3 is 2.75 bits per heavy atom. The predicted molar refractivity (Wildman–Crippen MR) is 83.2 cm³/mol. The maximum absolute atomic E-state index is 5.91. The highest BCUT2D eigenvalue weighted by molar-refractivity contribution is 6.30. The Morgan fingerprint density at radius 2 is 2.00 bits per heavy atom. The smallest absolute Gasteiger partial charge is 0.122 e. The standard InChI is InChI=1S/C16H18ClNO2/c1-12-10-13(17)6-7-16(12)20-9-8-18-14-4-3-5-15(11-14)19-2/h3-7,10-11,18H,8-9H2,1-2H3. The van der Waals surface area contributed by atoms with E-state index in [2.05, 4.69) is 5.32 Å². The fourth-order valence-corrected chi connectivity index (χ4v) is 2.09. The van der Waals surface area contributed by atoms with E-state index in [1.165, 1.54) is 0 Å². The number of benzene rings is 2. The second-order valence-electron chi connectivity index (χ2n) is 4.42. The SMILES string of the molecule is COc1cccc(NCCOc2ccc(Cl)cc2C)c1. The van der Waals surface area contributed by atoms with Gasteiger partial charge in [0, 0.05) is 23.3 Å². The van der Waals surface area contributed by atoms with Crippen molar-refractivity contribution in [3.8, 4) is 11.5 Å². The van der Waals surface area contributed by atoms with Crippen LogP contribution in [0.3, 0.4) is 0 Å². The Bertz CT molecular complexity index is 572. The van der Waals surface area contributed by atoms with Gasteiger partial charge in [0.2, 0.25) is 0 Å². The van der Waals surface area contributed by atoms with Crippen LogP contribution >= 0.6 is 11.6 Å². The molecule has 2 aromatic carbocycles. The number of aryl methyl sites for hydroxylation is 1. The highest BCUT2D eigenvalue weighted by Crippen LogP contribution is 2.21. The lowest BCUT2D eigenvalue weighted by atomic mass is 10.2. The zero-order valence-electron chi connectivity index (χ0n) is 11.7. The third-order valence-corrected chi connectivity index (χ3v) is 3.13. The number of hydrogen-bond donors (Lipinski definition) is 1. The van der Waals surface area contributed by atoms with Gasteiger partial charge in [-0.15, -0.1) is 0 Å². The van der Waals surface area contributed by atoms with Crippen molar-refractivity contribution in [2.24, 2.45) is 0 Å². The van der Waals surface area contributed by atoms with Crippen molar-refractivity contribution in [1.82, 2.24) is 0 Å². The van der Waals surface area contributed by atoms with E-state index in [4.69, 9.17) is 21.1 Å². The first kappa shape index (κ1) is 14.5. The van der Waals surface area contributed by atoms with E-state index in [9.17, 15) is 0 Å². The van der Waals surface area contributed by atoms with Crippen LogP contribution in [0.4, 0.5) is 5.69 Å². The van der Waals surface area contributed by atoms with E-state index in [0.717, 1.165) is 34.3 Å². The third-order valence-electron chi connectivity index (χ3n) is 2.90. The second-order valence-corrected chi connectivity index (χ2v) is 4.85. The van der Waals surface area contributed by atoms with E-state index in [1.54, 1.807) is 7.11 Å². The van der Waals surface area contributed by atoms with Gasteiger partial charge in [0.05, 0.1) is 7.11 Å². The van der Waals surface area contributed by atoms with Gasteiger partial charge in [0.1, 0.15) is 18.1 Å². The van der Waals surface area contributed by atoms with Crippen LogP contribution in [0.2, 0.25) is 5.02 Å². The first-order valence-electron chi connectivity index (χ1n) is 6.46. The van der Waals surface area contributed by atoms with Crippen molar-refractivity contribution < 1.29 is 9.47 Å². The number of methoxy groups -OCH3 is 1. The summed E-state index contributed by atoms with van der Waals surface area (Å²) in [7, 11) is 1.66. The van der Waals surface area contributed by atoms with Gasteiger partial charge in [-0.05, 0) is 42.8 Å². The van der Waals surface area contributed by atoms with E-state index in [1.807, 2.05) is 49.4 Å². The maximum Gasteiger partial charge on any atom is 0.122 e. The number of halogens is 1. The lowest BCUT2D eigenvalue weighted by Gasteiger charge is -2.11. The molecule has 0 atom stereocenters. The zero-order valence-corrected chi connectivity index (χ0v) is 12.4. The van der Waals surface area contributed by atoms with Crippen molar-refractivity contribution in [2.45, 2.75) is 6.92 Å². The summed E-state index contributed by atoms with van der Waals surface area (Å²) in [6.07, 6.45) is 0. The molecule has 106 valence electrons. The highest BCUT2D eigenvalue weighted by atomic mass is 35.5. The van der Waals surface area contributed by atoms with E-state index in [-0.39, 0.29) is 0 Å². The molecule has 0 amide bonds. The third kappa shape index (κ3) is 4.07. The summed E-state index contributed by atoms with van der Waals surface area (Å²) >= 11 is 5.91. The molecular weight excluding hydrogens is 274 g/mol. The molecule has 0 aliphatic rings. The fourth-order valence-electron chi connectivity index (χ4n) is 1.86. The number of rotatable bonds is 6. The number of anilines is 1. The quantitative estimate of drug-likeness (QED) is 0.811. The van der Waals surface area contributed by atoms with Crippen LogP contribution in [0.5, 0.6) is 11.5 Å². The van der Waals surface area contributed by atoms with Crippen LogP contribution in [0.15, 0.2) is 42.5 Å². The molecule has 2 rings (SSSR count). The van der Waals surface area contributed by atoms with Gasteiger partial charge in [-0.25, -0.2) is 0 Å². The van der Waals surface area contributed by atoms with Gasteiger partial charge >= 0.3 is 0 Å². The lowest BCUT2D eigenvalue weighted by Crippen LogP contribution is -2.11. The summed E-state index contributed by atoms with van der Waals surface area (Å²) in [5.74, 6) is 1.70. The average molecular weight is 292 g/mol. The van der Waals surface area contributed by atoms with Crippen LogP contribution < -0.4 is 14.8 Å². The van der Waals surface area contributed by atoms with Crippen LogP contribution in [-0.2, 0) is 0 Å². The summed E-state index contributed by atoms with van der Waals surface area (Å²) in [6.45, 7) is 3.28. The first-order chi connectivity index (χ1) is 9.69. The largest absolute Gasteiger partial charge is 0.497 e. The predicted octanol–water partition coefficient (Wildman–Crippen LogP) is 4.15. The van der Waals surface area contributed by atoms with Gasteiger partial charge in [0.15, 0.2) is 0 Å². The molecule has 0 spiro atoms. The van der Waals surface area contributed by atoms with E-state index >= 15 is 0 Å². The Morgan fingerprint density at radius 1 is 1.15 bits per heavy atom. The number of ether oxygens (including phenoxy) is 2. The minimum Gasteiger partial charge on any atom is -0.497 e. The molecule has 0 saturated heterocycles. The van der Waals surface area contributed by atoms with Gasteiger partial charge in [-0.3, -0.25) is 0 Å². The van der Waals surface area contributed by atoms with Crippen molar-refractivity contribution in [3.63, 3.8) is 0 Å². The molecule has 3 nitrogen and oxygen atoms in total. The molecule has 0 saturated carbocycles. The summed E-state index contributed by atoms with van der Waals surface area (Å²) in [5.41, 5.74) is 2.06. The molecule has 4 heteroatoms. The normalized spacial score (nSPS) is 10.2. The molecule has 20 heavy (non-hydrogen) atoms. The summed E-state index contributed by atoms with van der Waals surface area (Å²) in [4.78, 5) is 0. The molecule has 2 aromatic rings. The molecule has 0 aliphatic heterocycles. The summed E-state index contributed by atoms with van der Waals surface area (Å²) in [5, 5.41) is 4.02. The van der Waals surface area contributed by atoms with E-state index in [0.29, 0.717) is 6.61 Å². The van der Waals surface area contributed by atoms with Gasteiger partial charge in [-0.1, -0.05) is 17.7 Å². The van der Waals surface area contributed by atoms with Crippen LogP contribution in [-0.4, -0.2) is 20.3 Å². The fraction of sp³-hybridized carbons (Fsp3) is 0.250. The topological polar surface area (TPSA) is 30.5 Å². The Balaban J connectivity index is 1.81. The molecule has 0 aromatic heterocycles. The second kappa shape index (κ2) is 7.06. The molecule has 0 unspecified atom stereocenters. The Hall–Kier alpha value is -1.87. The lowest BCUT2D eigenvalue weighted by molar-refractivity contribution is 0.330. The Labute approximate surface area is 124 Å². The van der Waals surface area contributed by atoms with Crippen molar-refractivity contribution in [1.29, 1.82) is 0 Å². The first-order valence-corrected chi connectivity index (χ1v) is 6.84. The molecule has 0 radical (unpaired) electrons. The molecule has 0 heterocycles. The molecule has 1 N–H and O–H groups in total. The van der Waals surface area contributed by atoms with Gasteiger partial charge in [0.25, 0.3) is 0 Å². The number of hydrogen-bond acceptors (Lipinski definition) is 3. The van der Waals surface area contributed by atoms with E-state index < -0.39 is 0 Å². The Kier molecular flexibility index (Phi) is 5.13.